The zero-order valence-corrected chi connectivity index (χ0v) is 12.3. The van der Waals surface area contributed by atoms with Crippen LogP contribution in [0.5, 0.6) is 11.5 Å². The van der Waals surface area contributed by atoms with Gasteiger partial charge < -0.3 is 19.8 Å². The van der Waals surface area contributed by atoms with E-state index in [1.165, 1.54) is 0 Å². The molecular weight excluding hydrogens is 278 g/mol. The molecule has 0 amide bonds. The molecule has 1 aromatic heterocycles. The quantitative estimate of drug-likeness (QED) is 0.770. The summed E-state index contributed by atoms with van der Waals surface area (Å²) in [5, 5.41) is 3.91. The van der Waals surface area contributed by atoms with Crippen LogP contribution in [0.4, 0.5) is 0 Å². The lowest BCUT2D eigenvalue weighted by Gasteiger charge is -2.12. The monoisotopic (exact) mass is 295 g/mol. The number of benzene rings is 1. The van der Waals surface area contributed by atoms with E-state index in [-0.39, 0.29) is 0 Å². The van der Waals surface area contributed by atoms with Crippen LogP contribution in [0.25, 0.3) is 0 Å². The highest BCUT2D eigenvalue weighted by atomic mass is 35.5. The van der Waals surface area contributed by atoms with Gasteiger partial charge in [0, 0.05) is 31.4 Å². The molecule has 0 spiro atoms. The van der Waals surface area contributed by atoms with Crippen LogP contribution < -0.4 is 14.8 Å². The van der Waals surface area contributed by atoms with Gasteiger partial charge in [-0.25, -0.2) is 4.98 Å². The Hall–Kier alpha value is -1.72. The number of imidazole rings is 1. The van der Waals surface area contributed by atoms with Gasteiger partial charge in [0.15, 0.2) is 11.5 Å². The van der Waals surface area contributed by atoms with Gasteiger partial charge in [0.1, 0.15) is 0 Å². The Kier molecular flexibility index (Phi) is 5.26. The van der Waals surface area contributed by atoms with E-state index < -0.39 is 0 Å². The lowest BCUT2D eigenvalue weighted by molar-refractivity contribution is 0.354. The molecule has 2 aromatic rings. The average molecular weight is 296 g/mol. The highest BCUT2D eigenvalue weighted by Crippen LogP contribution is 2.35. The van der Waals surface area contributed by atoms with Crippen LogP contribution in [0, 0.1) is 0 Å². The van der Waals surface area contributed by atoms with Crippen molar-refractivity contribution in [1.29, 1.82) is 0 Å². The van der Waals surface area contributed by atoms with Crippen molar-refractivity contribution in [2.24, 2.45) is 0 Å². The molecule has 6 heteroatoms. The second-order valence-electron chi connectivity index (χ2n) is 4.32. The van der Waals surface area contributed by atoms with Gasteiger partial charge >= 0.3 is 0 Å². The molecule has 5 nitrogen and oxygen atoms in total. The van der Waals surface area contributed by atoms with Crippen LogP contribution in [0.2, 0.25) is 5.02 Å². The Balaban J connectivity index is 1.91. The van der Waals surface area contributed by atoms with Gasteiger partial charge in [-0.3, -0.25) is 0 Å². The Bertz CT molecular complexity index is 544. The molecule has 2 N–H and O–H groups in total. The number of hydrogen-bond donors (Lipinski definition) is 2. The van der Waals surface area contributed by atoms with Gasteiger partial charge in [0.05, 0.1) is 25.6 Å². The fourth-order valence-corrected chi connectivity index (χ4v) is 2.26. The maximum absolute atomic E-state index is 6.16. The van der Waals surface area contributed by atoms with Crippen LogP contribution >= 0.6 is 11.6 Å². The lowest BCUT2D eigenvalue weighted by Crippen LogP contribution is -2.16. The molecule has 0 saturated carbocycles. The summed E-state index contributed by atoms with van der Waals surface area (Å²) in [7, 11) is 3.18. The number of aromatic nitrogens is 2. The summed E-state index contributed by atoms with van der Waals surface area (Å²) in [6, 6.07) is 3.81. The zero-order chi connectivity index (χ0) is 14.4. The van der Waals surface area contributed by atoms with E-state index in [1.807, 2.05) is 18.3 Å². The van der Waals surface area contributed by atoms with E-state index in [2.05, 4.69) is 15.3 Å². The topological polar surface area (TPSA) is 59.2 Å². The summed E-state index contributed by atoms with van der Waals surface area (Å²) in [6.45, 7) is 1.57. The molecule has 1 aromatic carbocycles. The van der Waals surface area contributed by atoms with Crippen molar-refractivity contribution < 1.29 is 9.47 Å². The van der Waals surface area contributed by atoms with E-state index in [0.717, 1.165) is 24.2 Å². The van der Waals surface area contributed by atoms with E-state index in [9.17, 15) is 0 Å². The van der Waals surface area contributed by atoms with Gasteiger partial charge in [-0.05, 0) is 17.7 Å². The number of aromatic amines is 1. The van der Waals surface area contributed by atoms with Crippen molar-refractivity contribution in [2.75, 3.05) is 20.8 Å². The van der Waals surface area contributed by atoms with Crippen LogP contribution in [0.1, 0.15) is 11.3 Å². The summed E-state index contributed by atoms with van der Waals surface area (Å²) in [5.74, 6) is 1.21. The van der Waals surface area contributed by atoms with Crippen molar-refractivity contribution >= 4 is 11.6 Å². The van der Waals surface area contributed by atoms with Crippen molar-refractivity contribution in [3.8, 4) is 11.5 Å². The standard InChI is InChI=1S/C14H18ClN3O2/c1-19-13-6-10(5-12(15)14(13)20-2)7-16-4-3-11-8-17-9-18-11/h5-6,8-9,16H,3-4,7H2,1-2H3,(H,17,18). The Morgan fingerprint density at radius 1 is 1.30 bits per heavy atom. The third-order valence-corrected chi connectivity index (χ3v) is 3.23. The van der Waals surface area contributed by atoms with Crippen LogP contribution in [0.3, 0.4) is 0 Å². The zero-order valence-electron chi connectivity index (χ0n) is 11.6. The molecule has 0 saturated heterocycles. The molecule has 0 aliphatic heterocycles. The number of hydrogen-bond acceptors (Lipinski definition) is 4. The lowest BCUT2D eigenvalue weighted by atomic mass is 10.2. The second kappa shape index (κ2) is 7.17. The van der Waals surface area contributed by atoms with Crippen LogP contribution in [-0.2, 0) is 13.0 Å². The first kappa shape index (κ1) is 14.7. The number of rotatable bonds is 7. The van der Waals surface area contributed by atoms with Crippen molar-refractivity contribution in [2.45, 2.75) is 13.0 Å². The minimum atomic E-state index is 0.553. The maximum Gasteiger partial charge on any atom is 0.179 e. The highest BCUT2D eigenvalue weighted by molar-refractivity contribution is 6.32. The van der Waals surface area contributed by atoms with Crippen LogP contribution in [-0.4, -0.2) is 30.7 Å². The molecule has 0 bridgehead atoms. The Morgan fingerprint density at radius 3 is 2.80 bits per heavy atom. The molecule has 20 heavy (non-hydrogen) atoms. The molecule has 0 atom stereocenters. The number of ether oxygens (including phenoxy) is 2. The normalized spacial score (nSPS) is 10.6. The smallest absolute Gasteiger partial charge is 0.179 e. The maximum atomic E-state index is 6.16. The molecule has 0 aliphatic carbocycles. The van der Waals surface area contributed by atoms with Gasteiger partial charge in [-0.1, -0.05) is 11.6 Å². The number of nitrogens with one attached hydrogen (secondary N) is 2. The Labute approximate surface area is 123 Å². The molecule has 0 aliphatic rings. The molecule has 108 valence electrons. The number of methoxy groups -OCH3 is 2. The van der Waals surface area contributed by atoms with Gasteiger partial charge in [0.25, 0.3) is 0 Å². The van der Waals surface area contributed by atoms with Crippen molar-refractivity contribution in [3.05, 3.63) is 40.9 Å². The van der Waals surface area contributed by atoms with E-state index in [1.54, 1.807) is 20.5 Å². The first-order valence-corrected chi connectivity index (χ1v) is 6.70. The fraction of sp³-hybridized carbons (Fsp3) is 0.357. The summed E-state index contributed by atoms with van der Waals surface area (Å²) < 4.78 is 10.5. The molecule has 0 fully saturated rings. The van der Waals surface area contributed by atoms with E-state index >= 15 is 0 Å². The predicted molar refractivity (Wildman–Crippen MR) is 78.6 cm³/mol. The first-order chi connectivity index (χ1) is 9.74. The third kappa shape index (κ3) is 3.65. The van der Waals surface area contributed by atoms with Crippen molar-refractivity contribution in [1.82, 2.24) is 15.3 Å². The summed E-state index contributed by atoms with van der Waals surface area (Å²) in [6.07, 6.45) is 4.42. The van der Waals surface area contributed by atoms with Gasteiger partial charge in [-0.15, -0.1) is 0 Å². The van der Waals surface area contributed by atoms with E-state index in [4.69, 9.17) is 21.1 Å². The Morgan fingerprint density at radius 2 is 2.15 bits per heavy atom. The minimum absolute atomic E-state index is 0.553. The SMILES string of the molecule is COc1cc(CNCCc2cnc[nH]2)cc(Cl)c1OC. The van der Waals surface area contributed by atoms with Crippen molar-refractivity contribution in [3.63, 3.8) is 0 Å². The molecule has 0 radical (unpaired) electrons. The molecular formula is C14H18ClN3O2. The van der Waals surface area contributed by atoms with Gasteiger partial charge in [0.2, 0.25) is 0 Å². The van der Waals surface area contributed by atoms with Gasteiger partial charge in [-0.2, -0.15) is 0 Å². The molecule has 2 rings (SSSR count). The predicted octanol–water partition coefficient (Wildman–Crippen LogP) is 2.41. The summed E-state index contributed by atoms with van der Waals surface area (Å²) in [4.78, 5) is 7.05. The second-order valence-corrected chi connectivity index (χ2v) is 4.72. The number of H-pyrrole nitrogens is 1. The largest absolute Gasteiger partial charge is 0.493 e. The summed E-state index contributed by atoms with van der Waals surface area (Å²) in [5.41, 5.74) is 2.17. The molecule has 0 unspecified atom stereocenters. The van der Waals surface area contributed by atoms with Crippen LogP contribution in [0.15, 0.2) is 24.7 Å². The highest BCUT2D eigenvalue weighted by Gasteiger charge is 2.10. The number of nitrogens with zero attached hydrogens (tertiary/aromatic N) is 1. The minimum Gasteiger partial charge on any atom is -0.493 e. The third-order valence-electron chi connectivity index (χ3n) is 2.95. The number of halogens is 1. The first-order valence-electron chi connectivity index (χ1n) is 6.33. The fourth-order valence-electron chi connectivity index (χ4n) is 1.95. The average Bonchev–Trinajstić information content (AvgIpc) is 2.96. The summed E-state index contributed by atoms with van der Waals surface area (Å²) >= 11 is 6.16. The van der Waals surface area contributed by atoms with E-state index in [0.29, 0.717) is 23.1 Å². The molecule has 1 heterocycles.